The molecule has 18 heavy (non-hydrogen) atoms. The van der Waals surface area contributed by atoms with Crippen molar-refractivity contribution in [3.8, 4) is 0 Å². The van der Waals surface area contributed by atoms with Crippen LogP contribution in [0, 0.1) is 5.41 Å². The number of amides is 1. The summed E-state index contributed by atoms with van der Waals surface area (Å²) in [6.45, 7) is 6.61. The molecule has 1 heterocycles. The second-order valence-corrected chi connectivity index (χ2v) is 5.62. The van der Waals surface area contributed by atoms with Crippen molar-refractivity contribution in [2.24, 2.45) is 5.41 Å². The first-order valence-electron chi connectivity index (χ1n) is 5.68. The zero-order chi connectivity index (χ0) is 13.3. The molecule has 1 aliphatic rings. The first-order chi connectivity index (χ1) is 7.69. The molecule has 1 amide bonds. The van der Waals surface area contributed by atoms with E-state index in [4.69, 9.17) is 5.11 Å². The summed E-state index contributed by atoms with van der Waals surface area (Å²) in [6, 6.07) is 0. The normalized spacial score (nSPS) is 23.6. The van der Waals surface area contributed by atoms with Gasteiger partial charge in [-0.3, -0.25) is 10.2 Å². The van der Waals surface area contributed by atoms with Crippen molar-refractivity contribution in [1.82, 2.24) is 10.2 Å². The highest BCUT2D eigenvalue weighted by Crippen LogP contribution is 2.28. The fourth-order valence-corrected chi connectivity index (χ4v) is 1.97. The zero-order valence-electron chi connectivity index (χ0n) is 10.9. The van der Waals surface area contributed by atoms with Gasteiger partial charge in [-0.15, -0.1) is 12.4 Å². The highest BCUT2D eigenvalue weighted by molar-refractivity contribution is 5.85. The molecule has 0 bridgehead atoms. The number of rotatable bonds is 3. The lowest BCUT2D eigenvalue weighted by Crippen LogP contribution is -2.63. The van der Waals surface area contributed by atoms with E-state index in [0.717, 1.165) is 4.90 Å². The Hall–Kier alpha value is -1.01. The summed E-state index contributed by atoms with van der Waals surface area (Å²) in [6.07, 6.45) is -0.313. The fourth-order valence-electron chi connectivity index (χ4n) is 1.97. The Morgan fingerprint density at radius 1 is 1.33 bits per heavy atom. The Bertz CT molecular complexity index is 329. The van der Waals surface area contributed by atoms with Crippen LogP contribution in [0.1, 0.15) is 33.6 Å². The van der Waals surface area contributed by atoms with E-state index in [1.807, 2.05) is 20.8 Å². The Kier molecular flexibility index (Phi) is 5.43. The third kappa shape index (κ3) is 3.49. The number of carboxylic acids is 1. The summed E-state index contributed by atoms with van der Waals surface area (Å²) in [4.78, 5) is 23.4. The van der Waals surface area contributed by atoms with E-state index in [9.17, 15) is 14.7 Å². The average molecular weight is 281 g/mol. The van der Waals surface area contributed by atoms with Crippen LogP contribution in [0.15, 0.2) is 0 Å². The lowest BCUT2D eigenvalue weighted by molar-refractivity contribution is -0.151. The van der Waals surface area contributed by atoms with Gasteiger partial charge in [0.1, 0.15) is 0 Å². The van der Waals surface area contributed by atoms with Crippen molar-refractivity contribution < 1.29 is 19.8 Å². The minimum atomic E-state index is -1.46. The fraction of sp³-hybridized carbons (Fsp3) is 0.818. The number of halogens is 1. The molecule has 1 atom stereocenters. The topological polar surface area (TPSA) is 89.9 Å². The van der Waals surface area contributed by atoms with Crippen molar-refractivity contribution in [3.63, 3.8) is 0 Å². The largest absolute Gasteiger partial charge is 0.478 e. The van der Waals surface area contributed by atoms with E-state index >= 15 is 0 Å². The van der Waals surface area contributed by atoms with E-state index in [-0.39, 0.29) is 24.4 Å². The molecule has 1 saturated heterocycles. The maximum Gasteiger partial charge on any atom is 0.409 e. The summed E-state index contributed by atoms with van der Waals surface area (Å²) >= 11 is 0. The molecule has 1 fully saturated rings. The molecule has 6 nitrogen and oxygen atoms in total. The lowest BCUT2D eigenvalue weighted by Gasteiger charge is -2.35. The number of hydrogen-bond acceptors (Lipinski definition) is 3. The molecule has 1 unspecified atom stereocenters. The van der Waals surface area contributed by atoms with E-state index < -0.39 is 17.7 Å². The van der Waals surface area contributed by atoms with Crippen LogP contribution in [0.5, 0.6) is 0 Å². The molecule has 7 heteroatoms. The number of likely N-dealkylation sites (tertiary alicyclic amines) is 1. The third-order valence-corrected chi connectivity index (χ3v) is 2.88. The van der Waals surface area contributed by atoms with Crippen LogP contribution in [0.2, 0.25) is 0 Å². The van der Waals surface area contributed by atoms with E-state index in [0.29, 0.717) is 19.4 Å². The Morgan fingerprint density at radius 3 is 2.28 bits per heavy atom. The number of aliphatic carboxylic acids is 1. The summed E-state index contributed by atoms with van der Waals surface area (Å²) in [5.41, 5.74) is -1.56. The van der Waals surface area contributed by atoms with Crippen molar-refractivity contribution in [2.75, 3.05) is 13.1 Å². The van der Waals surface area contributed by atoms with Crippen LogP contribution in [0.4, 0.5) is 4.79 Å². The molecule has 0 aromatic carbocycles. The first-order valence-corrected chi connectivity index (χ1v) is 5.68. The van der Waals surface area contributed by atoms with Gasteiger partial charge in [0.25, 0.3) is 0 Å². The second-order valence-electron chi connectivity index (χ2n) is 5.62. The molecule has 3 N–H and O–H groups in total. The van der Waals surface area contributed by atoms with Crippen LogP contribution < -0.4 is 5.32 Å². The summed E-state index contributed by atoms with van der Waals surface area (Å²) in [5.74, 6) is -1.12. The van der Waals surface area contributed by atoms with Crippen LogP contribution in [0.25, 0.3) is 0 Å². The second kappa shape index (κ2) is 5.75. The minimum Gasteiger partial charge on any atom is -0.478 e. The Morgan fingerprint density at radius 2 is 1.89 bits per heavy atom. The van der Waals surface area contributed by atoms with Gasteiger partial charge in [0.15, 0.2) is 5.66 Å². The molecule has 0 aromatic rings. The maximum absolute atomic E-state index is 11.4. The maximum atomic E-state index is 11.4. The van der Waals surface area contributed by atoms with Crippen LogP contribution >= 0.6 is 12.4 Å². The average Bonchev–Trinajstić information content (AvgIpc) is 2.58. The van der Waals surface area contributed by atoms with Gasteiger partial charge in [-0.2, -0.15) is 0 Å². The molecule has 1 aliphatic heterocycles. The van der Waals surface area contributed by atoms with Gasteiger partial charge in [-0.25, -0.2) is 9.59 Å². The quantitative estimate of drug-likeness (QED) is 0.730. The molecule has 106 valence electrons. The molecule has 1 rings (SSSR count). The molecule has 0 radical (unpaired) electrons. The molecule has 0 spiro atoms. The Balaban J connectivity index is 0.00000289. The van der Waals surface area contributed by atoms with Gasteiger partial charge in [0.2, 0.25) is 0 Å². The summed E-state index contributed by atoms with van der Waals surface area (Å²) in [5, 5.41) is 21.3. The third-order valence-electron chi connectivity index (χ3n) is 2.88. The number of nitrogens with one attached hydrogen (secondary N) is 1. The Labute approximate surface area is 113 Å². The summed E-state index contributed by atoms with van der Waals surface area (Å²) in [7, 11) is 0. The summed E-state index contributed by atoms with van der Waals surface area (Å²) < 4.78 is 0. The minimum absolute atomic E-state index is 0. The monoisotopic (exact) mass is 280 g/mol. The van der Waals surface area contributed by atoms with Gasteiger partial charge < -0.3 is 10.2 Å². The predicted molar refractivity (Wildman–Crippen MR) is 69.0 cm³/mol. The van der Waals surface area contributed by atoms with Crippen LogP contribution in [-0.2, 0) is 4.79 Å². The lowest BCUT2D eigenvalue weighted by atomic mass is 9.95. The van der Waals surface area contributed by atoms with Gasteiger partial charge >= 0.3 is 12.1 Å². The van der Waals surface area contributed by atoms with E-state index in [1.165, 1.54) is 0 Å². The van der Waals surface area contributed by atoms with Gasteiger partial charge in [0.05, 0.1) is 0 Å². The van der Waals surface area contributed by atoms with E-state index in [2.05, 4.69) is 5.32 Å². The smallest absolute Gasteiger partial charge is 0.409 e. The molecular formula is C11H21ClN2O4. The van der Waals surface area contributed by atoms with Crippen LogP contribution in [0.3, 0.4) is 0 Å². The standard InChI is InChI=1S/C11H20N2O4.ClH/c1-10(2,3)7-12-11(8(14)15)5-4-6-13(11)9(16)17;/h12H,4-7H2,1-3H3,(H,14,15)(H,16,17);1H. The number of nitrogens with zero attached hydrogens (tertiary/aromatic N) is 1. The number of carboxylic acid groups (broad SMARTS) is 2. The van der Waals surface area contributed by atoms with Crippen LogP contribution in [-0.4, -0.2) is 45.9 Å². The SMILES string of the molecule is CC(C)(C)CNC1(C(=O)O)CCCN1C(=O)O.Cl. The van der Waals surface area contributed by atoms with Crippen molar-refractivity contribution >= 4 is 24.5 Å². The predicted octanol–water partition coefficient (Wildman–Crippen LogP) is 1.60. The first kappa shape index (κ1) is 17.0. The highest BCUT2D eigenvalue weighted by atomic mass is 35.5. The van der Waals surface area contributed by atoms with Gasteiger partial charge in [0, 0.05) is 13.1 Å². The molecule has 0 saturated carbocycles. The van der Waals surface area contributed by atoms with E-state index in [1.54, 1.807) is 0 Å². The van der Waals surface area contributed by atoms with Gasteiger partial charge in [-0.1, -0.05) is 20.8 Å². The van der Waals surface area contributed by atoms with Crippen molar-refractivity contribution in [3.05, 3.63) is 0 Å². The number of carbonyl (C=O) groups is 2. The highest BCUT2D eigenvalue weighted by Gasteiger charge is 2.50. The molecular weight excluding hydrogens is 260 g/mol. The van der Waals surface area contributed by atoms with Gasteiger partial charge in [-0.05, 0) is 18.3 Å². The van der Waals surface area contributed by atoms with Crippen molar-refractivity contribution in [2.45, 2.75) is 39.3 Å². The molecule has 0 aliphatic carbocycles. The van der Waals surface area contributed by atoms with Crippen molar-refractivity contribution in [1.29, 1.82) is 0 Å². The molecule has 0 aromatic heterocycles. The number of hydrogen-bond donors (Lipinski definition) is 3. The zero-order valence-corrected chi connectivity index (χ0v) is 11.7.